The van der Waals surface area contributed by atoms with Gasteiger partial charge in [0.2, 0.25) is 0 Å². The van der Waals surface area contributed by atoms with E-state index < -0.39 is 0 Å². The maximum absolute atomic E-state index is 11.8. The van der Waals surface area contributed by atoms with E-state index >= 15 is 0 Å². The van der Waals surface area contributed by atoms with E-state index in [4.69, 9.17) is 10.5 Å². The summed E-state index contributed by atoms with van der Waals surface area (Å²) < 4.78 is 5.47. The van der Waals surface area contributed by atoms with Gasteiger partial charge in [0.25, 0.3) is 5.91 Å². The molecule has 1 aliphatic rings. The molecule has 0 saturated carbocycles. The number of fused-ring (bicyclic) bond motifs is 1. The van der Waals surface area contributed by atoms with Gasteiger partial charge in [-0.1, -0.05) is 0 Å². The maximum Gasteiger partial charge on any atom is 0.256 e. The van der Waals surface area contributed by atoms with Crippen molar-refractivity contribution in [2.75, 3.05) is 19.4 Å². The van der Waals surface area contributed by atoms with E-state index in [1.54, 1.807) is 18.0 Å². The Labute approximate surface area is 88.6 Å². The van der Waals surface area contributed by atoms with Crippen molar-refractivity contribution in [1.29, 1.82) is 0 Å². The average Bonchev–Trinajstić information content (AvgIpc) is 2.50. The van der Waals surface area contributed by atoms with Gasteiger partial charge in [-0.25, -0.2) is 0 Å². The molecule has 4 heteroatoms. The fourth-order valence-electron chi connectivity index (χ4n) is 1.85. The van der Waals surface area contributed by atoms with Crippen LogP contribution in [0.25, 0.3) is 0 Å². The summed E-state index contributed by atoms with van der Waals surface area (Å²) in [6.45, 7) is 3.09. The molecule has 0 aromatic heterocycles. The molecule has 0 saturated heterocycles. The summed E-state index contributed by atoms with van der Waals surface area (Å²) in [5.41, 5.74) is 7.82. The molecule has 1 aromatic rings. The van der Waals surface area contributed by atoms with E-state index in [0.717, 1.165) is 11.3 Å². The third kappa shape index (κ3) is 1.42. The number of carbonyl (C=O) groups excluding carboxylic acids is 1. The highest BCUT2D eigenvalue weighted by molar-refractivity contribution is 6.03. The first-order valence-electron chi connectivity index (χ1n) is 4.94. The van der Waals surface area contributed by atoms with Crippen LogP contribution in [0.1, 0.15) is 22.8 Å². The molecule has 15 heavy (non-hydrogen) atoms. The number of nitrogen functional groups attached to an aromatic ring is 1. The minimum atomic E-state index is -0.0240. The molecule has 1 heterocycles. The lowest BCUT2D eigenvalue weighted by Gasteiger charge is -2.08. The van der Waals surface area contributed by atoms with Gasteiger partial charge in [0.1, 0.15) is 5.75 Å². The van der Waals surface area contributed by atoms with E-state index in [2.05, 4.69) is 0 Å². The van der Waals surface area contributed by atoms with Crippen LogP contribution in [-0.4, -0.2) is 24.5 Å². The number of nitrogens with two attached hydrogens (primary N) is 1. The van der Waals surface area contributed by atoms with Crippen LogP contribution < -0.4 is 10.5 Å². The van der Waals surface area contributed by atoms with Crippen molar-refractivity contribution < 1.29 is 9.53 Å². The summed E-state index contributed by atoms with van der Waals surface area (Å²) >= 11 is 0. The van der Waals surface area contributed by atoms with Crippen molar-refractivity contribution in [3.05, 3.63) is 23.3 Å². The first-order chi connectivity index (χ1) is 7.15. The fourth-order valence-corrected chi connectivity index (χ4v) is 1.85. The van der Waals surface area contributed by atoms with Crippen LogP contribution in [0.5, 0.6) is 5.75 Å². The third-order valence-electron chi connectivity index (χ3n) is 2.56. The molecule has 0 atom stereocenters. The Bertz CT molecular complexity index is 415. The minimum absolute atomic E-state index is 0.0240. The van der Waals surface area contributed by atoms with Gasteiger partial charge in [-0.05, 0) is 19.1 Å². The number of hydrogen-bond donors (Lipinski definition) is 1. The lowest BCUT2D eigenvalue weighted by Crippen LogP contribution is -2.18. The van der Waals surface area contributed by atoms with E-state index in [0.29, 0.717) is 24.4 Å². The first kappa shape index (κ1) is 9.83. The number of ether oxygens (including phenoxy) is 1. The standard InChI is InChI=1S/C11H14N2O2/c1-3-15-9-5-4-8(12)10-7(9)6-13(2)11(10)14/h4-5H,3,6,12H2,1-2H3. The Kier molecular flexibility index (Phi) is 2.26. The number of benzene rings is 1. The molecule has 2 rings (SSSR count). The highest BCUT2D eigenvalue weighted by Gasteiger charge is 2.29. The van der Waals surface area contributed by atoms with Crippen LogP contribution in [-0.2, 0) is 6.54 Å². The zero-order valence-electron chi connectivity index (χ0n) is 8.91. The Morgan fingerprint density at radius 3 is 2.93 bits per heavy atom. The lowest BCUT2D eigenvalue weighted by molar-refractivity contribution is 0.0817. The molecular weight excluding hydrogens is 192 g/mol. The molecule has 0 spiro atoms. The predicted octanol–water partition coefficient (Wildman–Crippen LogP) is 1.25. The third-order valence-corrected chi connectivity index (χ3v) is 2.56. The van der Waals surface area contributed by atoms with Crippen LogP contribution >= 0.6 is 0 Å². The van der Waals surface area contributed by atoms with Crippen LogP contribution in [0.4, 0.5) is 5.69 Å². The zero-order chi connectivity index (χ0) is 11.0. The minimum Gasteiger partial charge on any atom is -0.493 e. The van der Waals surface area contributed by atoms with E-state index in [1.165, 1.54) is 0 Å². The molecule has 0 aliphatic carbocycles. The molecule has 4 nitrogen and oxygen atoms in total. The Hall–Kier alpha value is -1.71. The van der Waals surface area contributed by atoms with Crippen LogP contribution in [0.15, 0.2) is 12.1 Å². The molecule has 2 N–H and O–H groups in total. The van der Waals surface area contributed by atoms with Crippen molar-refractivity contribution in [3.63, 3.8) is 0 Å². The second-order valence-electron chi connectivity index (χ2n) is 3.60. The highest BCUT2D eigenvalue weighted by Crippen LogP contribution is 2.33. The fraction of sp³-hybridized carbons (Fsp3) is 0.364. The van der Waals surface area contributed by atoms with Gasteiger partial charge in [-0.2, -0.15) is 0 Å². The maximum atomic E-state index is 11.8. The summed E-state index contributed by atoms with van der Waals surface area (Å²) in [7, 11) is 1.76. The van der Waals surface area contributed by atoms with Gasteiger partial charge in [0.05, 0.1) is 18.7 Å². The second-order valence-corrected chi connectivity index (χ2v) is 3.60. The molecule has 1 aromatic carbocycles. The van der Waals surface area contributed by atoms with Crippen molar-refractivity contribution >= 4 is 11.6 Å². The molecular formula is C11H14N2O2. The number of rotatable bonds is 2. The predicted molar refractivity (Wildman–Crippen MR) is 57.8 cm³/mol. The number of hydrogen-bond acceptors (Lipinski definition) is 3. The summed E-state index contributed by atoms with van der Waals surface area (Å²) in [6.07, 6.45) is 0. The highest BCUT2D eigenvalue weighted by atomic mass is 16.5. The summed E-state index contributed by atoms with van der Waals surface area (Å²) in [4.78, 5) is 13.4. The van der Waals surface area contributed by atoms with E-state index in [9.17, 15) is 4.79 Å². The normalized spacial score (nSPS) is 14.3. The van der Waals surface area contributed by atoms with Gasteiger partial charge >= 0.3 is 0 Å². The van der Waals surface area contributed by atoms with Gasteiger partial charge in [-0.15, -0.1) is 0 Å². The van der Waals surface area contributed by atoms with Gasteiger partial charge in [-0.3, -0.25) is 4.79 Å². The molecule has 1 aliphatic heterocycles. The Morgan fingerprint density at radius 1 is 1.53 bits per heavy atom. The Morgan fingerprint density at radius 2 is 2.27 bits per heavy atom. The van der Waals surface area contributed by atoms with Crippen LogP contribution in [0.3, 0.4) is 0 Å². The second kappa shape index (κ2) is 3.46. The number of nitrogens with zero attached hydrogens (tertiary/aromatic N) is 1. The summed E-state index contributed by atoms with van der Waals surface area (Å²) in [5, 5.41) is 0. The van der Waals surface area contributed by atoms with Crippen molar-refractivity contribution in [1.82, 2.24) is 4.90 Å². The molecule has 0 bridgehead atoms. The van der Waals surface area contributed by atoms with Crippen molar-refractivity contribution in [2.45, 2.75) is 13.5 Å². The molecule has 0 radical (unpaired) electrons. The number of anilines is 1. The topological polar surface area (TPSA) is 55.6 Å². The van der Waals surface area contributed by atoms with Crippen molar-refractivity contribution in [3.8, 4) is 5.75 Å². The van der Waals surface area contributed by atoms with Crippen LogP contribution in [0.2, 0.25) is 0 Å². The summed E-state index contributed by atoms with van der Waals surface area (Å²) in [6, 6.07) is 3.55. The smallest absolute Gasteiger partial charge is 0.256 e. The largest absolute Gasteiger partial charge is 0.493 e. The monoisotopic (exact) mass is 206 g/mol. The van der Waals surface area contributed by atoms with Crippen LogP contribution in [0, 0.1) is 0 Å². The van der Waals surface area contributed by atoms with Crippen molar-refractivity contribution in [2.24, 2.45) is 0 Å². The number of carbonyl (C=O) groups is 1. The van der Waals surface area contributed by atoms with Gasteiger partial charge < -0.3 is 15.4 Å². The van der Waals surface area contributed by atoms with E-state index in [-0.39, 0.29) is 5.91 Å². The molecule has 0 unspecified atom stereocenters. The average molecular weight is 206 g/mol. The summed E-state index contributed by atoms with van der Waals surface area (Å²) in [5.74, 6) is 0.739. The SMILES string of the molecule is CCOc1ccc(N)c2c1CN(C)C2=O. The number of amides is 1. The van der Waals surface area contributed by atoms with Gasteiger partial charge in [0, 0.05) is 18.3 Å². The Balaban J connectivity index is 2.54. The molecule has 1 amide bonds. The molecule has 80 valence electrons. The first-order valence-corrected chi connectivity index (χ1v) is 4.94. The lowest BCUT2D eigenvalue weighted by atomic mass is 10.1. The zero-order valence-corrected chi connectivity index (χ0v) is 8.91. The quantitative estimate of drug-likeness (QED) is 0.741. The van der Waals surface area contributed by atoms with Gasteiger partial charge in [0.15, 0.2) is 0 Å². The van der Waals surface area contributed by atoms with E-state index in [1.807, 2.05) is 13.0 Å². The molecule has 0 fully saturated rings.